The van der Waals surface area contributed by atoms with Crippen LogP contribution in [0.1, 0.15) is 77.4 Å². The molecule has 1 aliphatic rings. The van der Waals surface area contributed by atoms with Gasteiger partial charge < -0.3 is 33.7 Å². The highest BCUT2D eigenvalue weighted by Gasteiger charge is 2.30. The van der Waals surface area contributed by atoms with Crippen LogP contribution in [0.2, 0.25) is 0 Å². The van der Waals surface area contributed by atoms with E-state index < -0.39 is 30.7 Å². The maximum atomic E-state index is 13.2. The van der Waals surface area contributed by atoms with Crippen LogP contribution in [0, 0.1) is 11.8 Å². The Morgan fingerprint density at radius 3 is 2.40 bits per heavy atom. The van der Waals surface area contributed by atoms with Crippen LogP contribution in [-0.4, -0.2) is 75.3 Å². The van der Waals surface area contributed by atoms with Gasteiger partial charge >= 0.3 is 11.9 Å². The molecule has 2 heterocycles. The zero-order valence-electron chi connectivity index (χ0n) is 28.1. The lowest BCUT2D eigenvalue weighted by atomic mass is 9.95. The monoisotopic (exact) mass is 632 g/mol. The average molecular weight is 633 g/mol. The Hall–Kier alpha value is -3.70. The summed E-state index contributed by atoms with van der Waals surface area (Å²) in [5.41, 5.74) is 1.01. The summed E-state index contributed by atoms with van der Waals surface area (Å²) in [5, 5.41) is 2.62. The maximum absolute atomic E-state index is 13.2. The number of rotatable bonds is 12. The Labute approximate surface area is 268 Å². The Morgan fingerprint density at radius 1 is 1.09 bits per heavy atom. The van der Waals surface area contributed by atoms with Gasteiger partial charge in [-0.2, -0.15) is 0 Å². The zero-order valence-corrected chi connectivity index (χ0v) is 28.1. The van der Waals surface area contributed by atoms with Crippen LogP contribution < -0.4 is 14.8 Å². The highest BCUT2D eigenvalue weighted by molar-refractivity contribution is 5.98. The highest BCUT2D eigenvalue weighted by atomic mass is 16.7. The molecule has 1 N–H and O–H groups in total. The van der Waals surface area contributed by atoms with Gasteiger partial charge in [-0.15, -0.1) is 0 Å². The number of carbonyl (C=O) groups excluding carboxylic acids is 3. The molecule has 1 amide bonds. The van der Waals surface area contributed by atoms with Crippen molar-refractivity contribution < 1.29 is 42.8 Å². The predicted octanol–water partition coefficient (Wildman–Crippen LogP) is 5.39. The molecule has 2 aromatic rings. The standard InChI is InChI=1S/C27H34N2O9.C5H12.C2H6/c1-4-34-16-23(30)36-17-37-25-22(33-3)10-11-28-24(25)26(31)29-21-15-35-14-20(12-18(2)38-27(21)32)13-19-8-6-5-7-9-19;1-4-5(2)3;1-2/h5-11,18,20-21H,4,12-17H2,1-3H3,(H,29,31);5H,4H2,1-3H3;1-2H3/t18?,20?,21-;;/m0../s1. The topological polar surface area (TPSA) is 132 Å². The first-order valence-corrected chi connectivity index (χ1v) is 15.7. The fourth-order valence-corrected chi connectivity index (χ4v) is 3.98. The number of nitrogens with one attached hydrogen (secondary N) is 1. The van der Waals surface area contributed by atoms with Crippen LogP contribution in [0.3, 0.4) is 0 Å². The number of cyclic esters (lactones) is 1. The number of esters is 2. The van der Waals surface area contributed by atoms with Crippen LogP contribution in [-0.2, 0) is 35.0 Å². The number of hydrogen-bond donors (Lipinski definition) is 1. The molecular weight excluding hydrogens is 580 g/mol. The largest absolute Gasteiger partial charge is 0.493 e. The van der Waals surface area contributed by atoms with E-state index in [1.165, 1.54) is 31.4 Å². The highest BCUT2D eigenvalue weighted by Crippen LogP contribution is 2.29. The first-order valence-electron chi connectivity index (χ1n) is 15.7. The third-order valence-electron chi connectivity index (χ3n) is 6.54. The van der Waals surface area contributed by atoms with Crippen molar-refractivity contribution in [1.29, 1.82) is 0 Å². The van der Waals surface area contributed by atoms with Crippen molar-refractivity contribution >= 4 is 17.8 Å². The summed E-state index contributed by atoms with van der Waals surface area (Å²) in [5.74, 6) is -0.790. The summed E-state index contributed by atoms with van der Waals surface area (Å²) in [6, 6.07) is 10.4. The van der Waals surface area contributed by atoms with Crippen molar-refractivity contribution in [2.45, 2.75) is 79.9 Å². The molecule has 45 heavy (non-hydrogen) atoms. The van der Waals surface area contributed by atoms with E-state index in [2.05, 4.69) is 31.1 Å². The minimum absolute atomic E-state index is 0.0506. The molecule has 252 valence electrons. The van der Waals surface area contributed by atoms with E-state index >= 15 is 0 Å². The number of benzene rings is 1. The van der Waals surface area contributed by atoms with Crippen LogP contribution >= 0.6 is 0 Å². The molecule has 11 heteroatoms. The number of nitrogens with zero attached hydrogens (tertiary/aromatic N) is 1. The second kappa shape index (κ2) is 22.8. The molecule has 3 atom stereocenters. The molecule has 0 radical (unpaired) electrons. The van der Waals surface area contributed by atoms with Crippen molar-refractivity contribution in [3.05, 3.63) is 53.9 Å². The Morgan fingerprint density at radius 2 is 1.78 bits per heavy atom. The molecule has 1 aliphatic heterocycles. The summed E-state index contributed by atoms with van der Waals surface area (Å²) in [4.78, 5) is 41.8. The lowest BCUT2D eigenvalue weighted by Crippen LogP contribution is -2.45. The molecule has 11 nitrogen and oxygen atoms in total. The molecule has 3 rings (SSSR count). The van der Waals surface area contributed by atoms with Gasteiger partial charge in [-0.25, -0.2) is 14.6 Å². The molecule has 1 saturated heterocycles. The van der Waals surface area contributed by atoms with Crippen molar-refractivity contribution in [1.82, 2.24) is 10.3 Å². The summed E-state index contributed by atoms with van der Waals surface area (Å²) in [7, 11) is 1.39. The maximum Gasteiger partial charge on any atom is 0.334 e. The van der Waals surface area contributed by atoms with Gasteiger partial charge in [-0.1, -0.05) is 71.4 Å². The quantitative estimate of drug-likeness (QED) is 0.240. The second-order valence-corrected chi connectivity index (χ2v) is 10.5. The predicted molar refractivity (Wildman–Crippen MR) is 171 cm³/mol. The van der Waals surface area contributed by atoms with E-state index in [9.17, 15) is 14.4 Å². The molecular formula is C34H52N2O9. The molecule has 1 aromatic carbocycles. The van der Waals surface area contributed by atoms with E-state index in [0.29, 0.717) is 19.6 Å². The van der Waals surface area contributed by atoms with Gasteiger partial charge in [0.05, 0.1) is 19.8 Å². The van der Waals surface area contributed by atoms with Gasteiger partial charge in [0.15, 0.2) is 23.2 Å². The van der Waals surface area contributed by atoms with E-state index in [4.69, 9.17) is 28.4 Å². The van der Waals surface area contributed by atoms with E-state index in [-0.39, 0.29) is 42.4 Å². The van der Waals surface area contributed by atoms with Gasteiger partial charge in [-0.3, -0.25) is 4.79 Å². The Balaban J connectivity index is 0.00000131. The normalized spacial score (nSPS) is 17.9. The third kappa shape index (κ3) is 15.2. The van der Waals surface area contributed by atoms with Gasteiger partial charge in [0.2, 0.25) is 6.79 Å². The molecule has 2 unspecified atom stereocenters. The number of hydrogen-bond acceptors (Lipinski definition) is 10. The van der Waals surface area contributed by atoms with E-state index in [1.54, 1.807) is 6.92 Å². The summed E-state index contributed by atoms with van der Waals surface area (Å²) < 4.78 is 32.2. The smallest absolute Gasteiger partial charge is 0.334 e. The number of aromatic nitrogens is 1. The van der Waals surface area contributed by atoms with Crippen molar-refractivity contribution in [3.8, 4) is 11.5 Å². The number of ether oxygens (including phenoxy) is 6. The van der Waals surface area contributed by atoms with Crippen LogP contribution in [0.4, 0.5) is 0 Å². The fraction of sp³-hybridized carbons (Fsp3) is 0.588. The van der Waals surface area contributed by atoms with Crippen molar-refractivity contribution in [2.24, 2.45) is 11.8 Å². The van der Waals surface area contributed by atoms with E-state index in [0.717, 1.165) is 12.3 Å². The number of carbonyl (C=O) groups is 3. The molecule has 1 fully saturated rings. The van der Waals surface area contributed by atoms with Gasteiger partial charge in [-0.05, 0) is 44.1 Å². The van der Waals surface area contributed by atoms with Gasteiger partial charge in [0, 0.05) is 25.5 Å². The molecule has 0 spiro atoms. The first kappa shape index (κ1) is 39.3. The lowest BCUT2D eigenvalue weighted by Gasteiger charge is -2.20. The van der Waals surface area contributed by atoms with Crippen LogP contribution in [0.15, 0.2) is 42.6 Å². The second-order valence-electron chi connectivity index (χ2n) is 10.5. The Bertz CT molecular complexity index is 1130. The molecule has 0 aliphatic carbocycles. The van der Waals surface area contributed by atoms with Crippen LogP contribution in [0.25, 0.3) is 0 Å². The lowest BCUT2D eigenvalue weighted by molar-refractivity contribution is -0.155. The zero-order chi connectivity index (χ0) is 33.6. The summed E-state index contributed by atoms with van der Waals surface area (Å²) in [6.07, 6.45) is 3.70. The minimum Gasteiger partial charge on any atom is -0.493 e. The minimum atomic E-state index is -1.06. The SMILES string of the molecule is CC.CCC(C)C.CCOCC(=O)OCOc1c(OC)ccnc1C(=O)N[C@H]1COCC(Cc2ccccc2)CC(C)OC1=O. The van der Waals surface area contributed by atoms with Gasteiger partial charge in [0.25, 0.3) is 5.91 Å². The molecule has 0 saturated carbocycles. The van der Waals surface area contributed by atoms with Crippen molar-refractivity contribution in [2.75, 3.05) is 40.3 Å². The number of amides is 1. The van der Waals surface area contributed by atoms with Gasteiger partial charge in [0.1, 0.15) is 6.61 Å². The van der Waals surface area contributed by atoms with Crippen LogP contribution in [0.5, 0.6) is 11.5 Å². The summed E-state index contributed by atoms with van der Waals surface area (Å²) in [6.45, 7) is 14.2. The van der Waals surface area contributed by atoms with E-state index in [1.807, 2.05) is 51.1 Å². The Kier molecular flexibility index (Phi) is 19.9. The van der Waals surface area contributed by atoms with Crippen molar-refractivity contribution in [3.63, 3.8) is 0 Å². The number of pyridine rings is 1. The number of methoxy groups -OCH3 is 1. The third-order valence-corrected chi connectivity index (χ3v) is 6.54. The average Bonchev–Trinajstić information content (AvgIpc) is 3.10. The summed E-state index contributed by atoms with van der Waals surface area (Å²) >= 11 is 0. The first-order chi connectivity index (χ1) is 21.7. The fourth-order valence-electron chi connectivity index (χ4n) is 3.98. The molecule has 0 bridgehead atoms. The molecule has 1 aromatic heterocycles.